The molecule has 1 unspecified atom stereocenters. The van der Waals surface area contributed by atoms with E-state index in [0.29, 0.717) is 13.1 Å². The Balaban J connectivity index is 1.78. The SMILES string of the molecule is CCN(CC)c1cccc(C2N(C)CC(=O)N2CCc2ccc(OC)cc2)c1. The summed E-state index contributed by atoms with van der Waals surface area (Å²) < 4.78 is 5.23. The molecule has 5 heteroatoms. The van der Waals surface area contributed by atoms with Gasteiger partial charge in [-0.05, 0) is 62.7 Å². The number of hydrogen-bond donors (Lipinski definition) is 0. The van der Waals surface area contributed by atoms with Crippen LogP contribution in [0.15, 0.2) is 48.5 Å². The maximum Gasteiger partial charge on any atom is 0.238 e. The Morgan fingerprint density at radius 3 is 2.46 bits per heavy atom. The van der Waals surface area contributed by atoms with E-state index in [9.17, 15) is 4.79 Å². The van der Waals surface area contributed by atoms with Crippen molar-refractivity contribution in [2.45, 2.75) is 26.4 Å². The highest BCUT2D eigenvalue weighted by Crippen LogP contribution is 2.31. The third-order valence-electron chi connectivity index (χ3n) is 5.52. The Bertz CT molecular complexity index is 787. The molecule has 2 aromatic rings. The molecular weight excluding hydrogens is 350 g/mol. The summed E-state index contributed by atoms with van der Waals surface area (Å²) >= 11 is 0. The number of likely N-dealkylation sites (N-methyl/N-ethyl adjacent to an activating group) is 1. The Hall–Kier alpha value is -2.53. The summed E-state index contributed by atoms with van der Waals surface area (Å²) in [4.78, 5) is 19.2. The number of amides is 1. The molecule has 1 fully saturated rings. The first-order valence-corrected chi connectivity index (χ1v) is 10.0. The summed E-state index contributed by atoms with van der Waals surface area (Å²) in [5.41, 5.74) is 3.59. The van der Waals surface area contributed by atoms with Gasteiger partial charge in [0.1, 0.15) is 11.9 Å². The van der Waals surface area contributed by atoms with E-state index >= 15 is 0 Å². The van der Waals surface area contributed by atoms with Crippen molar-refractivity contribution >= 4 is 11.6 Å². The standard InChI is InChI=1S/C23H31N3O2/c1-5-25(6-2)20-9-7-8-19(16-20)23-24(3)17-22(27)26(23)15-14-18-10-12-21(28-4)13-11-18/h7-13,16,23H,5-6,14-15,17H2,1-4H3. The molecule has 3 rings (SSSR count). The number of ether oxygens (including phenoxy) is 1. The zero-order valence-electron chi connectivity index (χ0n) is 17.4. The molecule has 0 bridgehead atoms. The van der Waals surface area contributed by atoms with Gasteiger partial charge in [0.25, 0.3) is 0 Å². The summed E-state index contributed by atoms with van der Waals surface area (Å²) in [6.07, 6.45) is 0.816. The van der Waals surface area contributed by atoms with Gasteiger partial charge in [0.15, 0.2) is 0 Å². The second-order valence-electron chi connectivity index (χ2n) is 7.24. The van der Waals surface area contributed by atoms with Crippen LogP contribution in [0, 0.1) is 0 Å². The summed E-state index contributed by atoms with van der Waals surface area (Å²) in [7, 11) is 3.70. The lowest BCUT2D eigenvalue weighted by Crippen LogP contribution is -2.33. The molecule has 0 radical (unpaired) electrons. The zero-order valence-corrected chi connectivity index (χ0v) is 17.4. The summed E-state index contributed by atoms with van der Waals surface area (Å²) in [6, 6.07) is 16.7. The van der Waals surface area contributed by atoms with Crippen molar-refractivity contribution in [3.63, 3.8) is 0 Å². The number of hydrogen-bond acceptors (Lipinski definition) is 4. The normalized spacial score (nSPS) is 17.2. The van der Waals surface area contributed by atoms with Crippen LogP contribution in [-0.2, 0) is 11.2 Å². The van der Waals surface area contributed by atoms with Crippen LogP contribution < -0.4 is 9.64 Å². The van der Waals surface area contributed by atoms with Crippen LogP contribution in [0.3, 0.4) is 0 Å². The van der Waals surface area contributed by atoms with Gasteiger partial charge in [0.2, 0.25) is 5.91 Å². The van der Waals surface area contributed by atoms with Gasteiger partial charge in [-0.3, -0.25) is 9.69 Å². The van der Waals surface area contributed by atoms with E-state index in [1.54, 1.807) is 7.11 Å². The maximum atomic E-state index is 12.7. The molecule has 0 aliphatic carbocycles. The highest BCUT2D eigenvalue weighted by atomic mass is 16.5. The van der Waals surface area contributed by atoms with Crippen molar-refractivity contribution in [3.8, 4) is 5.75 Å². The predicted molar refractivity (Wildman–Crippen MR) is 114 cm³/mol. The van der Waals surface area contributed by atoms with Crippen molar-refractivity contribution in [2.24, 2.45) is 0 Å². The van der Waals surface area contributed by atoms with Gasteiger partial charge in [0, 0.05) is 25.3 Å². The summed E-state index contributed by atoms with van der Waals surface area (Å²) in [5.74, 6) is 1.04. The molecule has 150 valence electrons. The summed E-state index contributed by atoms with van der Waals surface area (Å²) in [6.45, 7) is 7.45. The van der Waals surface area contributed by atoms with Crippen LogP contribution in [0.1, 0.15) is 31.1 Å². The van der Waals surface area contributed by atoms with E-state index in [-0.39, 0.29) is 12.1 Å². The zero-order chi connectivity index (χ0) is 20.1. The molecular formula is C23H31N3O2. The van der Waals surface area contributed by atoms with E-state index in [0.717, 1.165) is 25.3 Å². The van der Waals surface area contributed by atoms with Gasteiger partial charge in [-0.15, -0.1) is 0 Å². The van der Waals surface area contributed by atoms with Gasteiger partial charge >= 0.3 is 0 Å². The number of benzene rings is 2. The third kappa shape index (κ3) is 4.30. The minimum atomic E-state index is -0.0127. The van der Waals surface area contributed by atoms with Crippen LogP contribution >= 0.6 is 0 Å². The molecule has 1 aliphatic heterocycles. The van der Waals surface area contributed by atoms with E-state index in [4.69, 9.17) is 4.74 Å². The van der Waals surface area contributed by atoms with Gasteiger partial charge < -0.3 is 14.5 Å². The van der Waals surface area contributed by atoms with Crippen molar-refractivity contribution in [1.82, 2.24) is 9.80 Å². The molecule has 1 atom stereocenters. The first kappa shape index (κ1) is 20.2. The molecule has 0 aromatic heterocycles. The number of rotatable bonds is 8. The first-order chi connectivity index (χ1) is 13.6. The minimum absolute atomic E-state index is 0.0127. The first-order valence-electron chi connectivity index (χ1n) is 10.0. The Morgan fingerprint density at radius 1 is 1.11 bits per heavy atom. The number of carbonyl (C=O) groups excluding carboxylic acids is 1. The van der Waals surface area contributed by atoms with Gasteiger partial charge in [0.05, 0.1) is 13.7 Å². The molecule has 1 amide bonds. The van der Waals surface area contributed by atoms with Gasteiger partial charge in [-0.1, -0.05) is 24.3 Å². The number of anilines is 1. The quantitative estimate of drug-likeness (QED) is 0.701. The van der Waals surface area contributed by atoms with Crippen molar-refractivity contribution in [3.05, 3.63) is 59.7 Å². The number of nitrogens with zero attached hydrogens (tertiary/aromatic N) is 3. The Kier molecular flexibility index (Phi) is 6.57. The minimum Gasteiger partial charge on any atom is -0.497 e. The molecule has 5 nitrogen and oxygen atoms in total. The predicted octanol–water partition coefficient (Wildman–Crippen LogP) is 3.56. The lowest BCUT2D eigenvalue weighted by molar-refractivity contribution is -0.128. The van der Waals surface area contributed by atoms with E-state index in [1.165, 1.54) is 16.8 Å². The number of carbonyl (C=O) groups is 1. The van der Waals surface area contributed by atoms with Crippen LogP contribution in [0.5, 0.6) is 5.75 Å². The van der Waals surface area contributed by atoms with Crippen LogP contribution in [0.25, 0.3) is 0 Å². The monoisotopic (exact) mass is 381 g/mol. The van der Waals surface area contributed by atoms with E-state index < -0.39 is 0 Å². The molecule has 0 saturated carbocycles. The average molecular weight is 382 g/mol. The molecule has 0 N–H and O–H groups in total. The molecule has 28 heavy (non-hydrogen) atoms. The van der Waals surface area contributed by atoms with Crippen LogP contribution in [-0.4, -0.2) is 56.0 Å². The second-order valence-corrected chi connectivity index (χ2v) is 7.24. The molecule has 0 spiro atoms. The largest absolute Gasteiger partial charge is 0.497 e. The Labute approximate surface area is 168 Å². The van der Waals surface area contributed by atoms with Crippen molar-refractivity contribution in [2.75, 3.05) is 45.2 Å². The van der Waals surface area contributed by atoms with Crippen molar-refractivity contribution < 1.29 is 9.53 Å². The second kappa shape index (κ2) is 9.11. The molecule has 1 aliphatic rings. The Morgan fingerprint density at radius 2 is 1.82 bits per heavy atom. The lowest BCUT2D eigenvalue weighted by Gasteiger charge is -2.30. The van der Waals surface area contributed by atoms with Gasteiger partial charge in [-0.25, -0.2) is 0 Å². The van der Waals surface area contributed by atoms with Crippen LogP contribution in [0.4, 0.5) is 5.69 Å². The average Bonchev–Trinajstić information content (AvgIpc) is 3.01. The van der Waals surface area contributed by atoms with Gasteiger partial charge in [-0.2, -0.15) is 0 Å². The smallest absolute Gasteiger partial charge is 0.238 e. The van der Waals surface area contributed by atoms with Crippen molar-refractivity contribution in [1.29, 1.82) is 0 Å². The number of methoxy groups -OCH3 is 1. The summed E-state index contributed by atoms with van der Waals surface area (Å²) in [5, 5.41) is 0. The van der Waals surface area contributed by atoms with E-state index in [2.05, 4.69) is 60.0 Å². The lowest BCUT2D eigenvalue weighted by atomic mass is 10.1. The third-order valence-corrected chi connectivity index (χ3v) is 5.52. The fourth-order valence-electron chi connectivity index (χ4n) is 3.96. The highest BCUT2D eigenvalue weighted by molar-refractivity contribution is 5.81. The molecule has 1 heterocycles. The topological polar surface area (TPSA) is 36.0 Å². The van der Waals surface area contributed by atoms with Crippen LogP contribution in [0.2, 0.25) is 0 Å². The fourth-order valence-corrected chi connectivity index (χ4v) is 3.96. The highest BCUT2D eigenvalue weighted by Gasteiger charge is 2.36. The fraction of sp³-hybridized carbons (Fsp3) is 0.435. The molecule has 2 aromatic carbocycles. The maximum absolute atomic E-state index is 12.7. The van der Waals surface area contributed by atoms with E-state index in [1.807, 2.05) is 24.1 Å². The molecule has 1 saturated heterocycles.